The van der Waals surface area contributed by atoms with Gasteiger partial charge in [-0.3, -0.25) is 0 Å². The molecule has 0 spiro atoms. The summed E-state index contributed by atoms with van der Waals surface area (Å²) >= 11 is 0. The van der Waals surface area contributed by atoms with Crippen LogP contribution in [0, 0.1) is 0 Å². The van der Waals surface area contributed by atoms with Gasteiger partial charge in [0, 0.05) is 26.7 Å². The molecule has 0 unspecified atom stereocenters. The monoisotopic (exact) mass is 348 g/mol. The van der Waals surface area contributed by atoms with E-state index in [1.54, 1.807) is 0 Å². The fourth-order valence-corrected chi connectivity index (χ4v) is 0.926. The van der Waals surface area contributed by atoms with Gasteiger partial charge in [-0.15, -0.1) is 0 Å². The van der Waals surface area contributed by atoms with E-state index in [1.165, 1.54) is 13.4 Å². The second-order valence-electron chi connectivity index (χ2n) is 2.14. The van der Waals surface area contributed by atoms with Crippen molar-refractivity contribution in [2.45, 2.75) is 0 Å². The Labute approximate surface area is 88.2 Å². The Kier molecular flexibility index (Phi) is 2.82. The molecule has 2 rings (SSSR count). The Balaban J connectivity index is 0.000000845. The minimum atomic E-state index is 0. The van der Waals surface area contributed by atoms with E-state index < -0.39 is 0 Å². The molecule has 0 radical (unpaired) electrons. The van der Waals surface area contributed by atoms with Crippen molar-refractivity contribution in [3.05, 3.63) is 6.33 Å². The number of methoxy groups -OCH3 is 1. The minimum absolute atomic E-state index is 0. The van der Waals surface area contributed by atoms with Crippen LogP contribution in [-0.4, -0.2) is 22.1 Å². The summed E-state index contributed by atoms with van der Waals surface area (Å²) in [5, 5.41) is 0. The fraction of sp³-hybridized carbons (Fsp3) is 0.167. The number of ether oxygens (including phenoxy) is 1. The van der Waals surface area contributed by atoms with Gasteiger partial charge in [0.15, 0.2) is 5.95 Å². The number of nitrogens with zero attached hydrogens (tertiary/aromatic N) is 4. The second kappa shape index (κ2) is 3.70. The SMILES string of the molecule is COc1nc(N)nc2[n-]cnc12.[W]. The average Bonchev–Trinajstić information content (AvgIpc) is 2.50. The van der Waals surface area contributed by atoms with Crippen LogP contribution in [0.2, 0.25) is 0 Å². The molecule has 2 heterocycles. The summed E-state index contributed by atoms with van der Waals surface area (Å²) in [6.07, 6.45) is 1.39. The minimum Gasteiger partial charge on any atom is -0.480 e. The van der Waals surface area contributed by atoms with Crippen molar-refractivity contribution in [3.8, 4) is 5.88 Å². The smallest absolute Gasteiger partial charge is 0.226 e. The molecule has 0 bridgehead atoms. The van der Waals surface area contributed by atoms with Gasteiger partial charge in [0.1, 0.15) is 0 Å². The molecule has 2 aromatic rings. The van der Waals surface area contributed by atoms with Crippen LogP contribution in [0.3, 0.4) is 0 Å². The summed E-state index contributed by atoms with van der Waals surface area (Å²) < 4.78 is 4.93. The molecule has 2 aromatic heterocycles. The number of nitrogens with two attached hydrogens (primary N) is 1. The van der Waals surface area contributed by atoms with Crippen LogP contribution in [0.1, 0.15) is 0 Å². The molecule has 0 aliphatic heterocycles. The predicted molar refractivity (Wildman–Crippen MR) is 41.6 cm³/mol. The van der Waals surface area contributed by atoms with Crippen LogP contribution in [-0.2, 0) is 21.1 Å². The van der Waals surface area contributed by atoms with Crippen molar-refractivity contribution < 1.29 is 25.8 Å². The van der Waals surface area contributed by atoms with E-state index in [2.05, 4.69) is 19.9 Å². The van der Waals surface area contributed by atoms with Crippen LogP contribution < -0.4 is 15.5 Å². The molecule has 2 N–H and O–H groups in total. The number of hydrogen-bond acceptors (Lipinski definition) is 5. The molecular weight excluding hydrogens is 342 g/mol. The van der Waals surface area contributed by atoms with E-state index in [0.717, 1.165) is 0 Å². The van der Waals surface area contributed by atoms with Gasteiger partial charge in [-0.2, -0.15) is 4.98 Å². The van der Waals surface area contributed by atoms with Gasteiger partial charge in [0.05, 0.1) is 12.6 Å². The Bertz CT molecular complexity index is 414. The van der Waals surface area contributed by atoms with Gasteiger partial charge in [0.25, 0.3) is 0 Å². The Morgan fingerprint density at radius 3 is 2.92 bits per heavy atom. The van der Waals surface area contributed by atoms with Crippen molar-refractivity contribution in [1.29, 1.82) is 0 Å². The topological polar surface area (TPSA) is 88.0 Å². The number of rotatable bonds is 1. The first-order valence-corrected chi connectivity index (χ1v) is 3.26. The van der Waals surface area contributed by atoms with E-state index >= 15 is 0 Å². The van der Waals surface area contributed by atoms with Gasteiger partial charge in [0.2, 0.25) is 5.88 Å². The van der Waals surface area contributed by atoms with Crippen LogP contribution in [0.15, 0.2) is 6.33 Å². The van der Waals surface area contributed by atoms with Gasteiger partial charge in [-0.25, -0.2) is 0 Å². The summed E-state index contributed by atoms with van der Waals surface area (Å²) in [7, 11) is 1.50. The zero-order valence-electron chi connectivity index (χ0n) is 6.76. The van der Waals surface area contributed by atoms with Gasteiger partial charge < -0.3 is 25.4 Å². The molecule has 0 fully saturated rings. The first kappa shape index (κ1) is 9.92. The first-order valence-electron chi connectivity index (χ1n) is 3.26. The van der Waals surface area contributed by atoms with Crippen molar-refractivity contribution >= 4 is 17.1 Å². The van der Waals surface area contributed by atoms with Crippen molar-refractivity contribution in [2.24, 2.45) is 0 Å². The molecule has 6 nitrogen and oxygen atoms in total. The zero-order valence-corrected chi connectivity index (χ0v) is 9.69. The number of nitrogen functional groups attached to an aromatic ring is 1. The average molecular weight is 348 g/mol. The van der Waals surface area contributed by atoms with E-state index in [-0.39, 0.29) is 27.0 Å². The number of hydrogen-bond donors (Lipinski definition) is 1. The summed E-state index contributed by atoms with van der Waals surface area (Å²) in [6.45, 7) is 0. The van der Waals surface area contributed by atoms with E-state index in [1.807, 2.05) is 0 Å². The third-order valence-electron chi connectivity index (χ3n) is 1.41. The molecule has 68 valence electrons. The molecular formula is C6H6N5OW-. The fourth-order valence-electron chi connectivity index (χ4n) is 0.926. The Morgan fingerprint density at radius 1 is 1.46 bits per heavy atom. The largest absolute Gasteiger partial charge is 0.480 e. The maximum absolute atomic E-state index is 5.39. The van der Waals surface area contributed by atoms with Gasteiger partial charge in [-0.1, -0.05) is 0 Å². The van der Waals surface area contributed by atoms with Crippen molar-refractivity contribution in [1.82, 2.24) is 19.9 Å². The van der Waals surface area contributed by atoms with Crippen LogP contribution in [0.25, 0.3) is 11.2 Å². The normalized spacial score (nSPS) is 9.62. The number of aromatic nitrogens is 4. The third-order valence-corrected chi connectivity index (χ3v) is 1.41. The number of anilines is 1. The van der Waals surface area contributed by atoms with Crippen molar-refractivity contribution in [3.63, 3.8) is 0 Å². The zero-order chi connectivity index (χ0) is 8.55. The van der Waals surface area contributed by atoms with Crippen molar-refractivity contribution in [2.75, 3.05) is 12.8 Å². The molecule has 0 atom stereocenters. The molecule has 13 heavy (non-hydrogen) atoms. The third kappa shape index (κ3) is 1.62. The van der Waals surface area contributed by atoms with E-state index in [0.29, 0.717) is 17.0 Å². The van der Waals surface area contributed by atoms with Crippen LogP contribution in [0.5, 0.6) is 5.88 Å². The Hall–Kier alpha value is -1.16. The molecule has 0 aliphatic rings. The first-order chi connectivity index (χ1) is 5.81. The summed E-state index contributed by atoms with van der Waals surface area (Å²) in [4.78, 5) is 15.5. The van der Waals surface area contributed by atoms with E-state index in [9.17, 15) is 0 Å². The predicted octanol–water partition coefficient (Wildman–Crippen LogP) is -0.430. The molecule has 0 aromatic carbocycles. The van der Waals surface area contributed by atoms with E-state index in [4.69, 9.17) is 10.5 Å². The second-order valence-corrected chi connectivity index (χ2v) is 2.14. The number of imidazole rings is 1. The maximum Gasteiger partial charge on any atom is 0.226 e. The standard InChI is InChI=1S/C6H6N5O.W/c1-12-5-3-4(9-2-8-3)10-6(7)11-5;/h2H,1H3,(H2-,7,8,9,10,11);/q-1;. The van der Waals surface area contributed by atoms with Crippen LogP contribution in [0.4, 0.5) is 5.95 Å². The van der Waals surface area contributed by atoms with Gasteiger partial charge in [-0.05, 0) is 6.33 Å². The summed E-state index contributed by atoms with van der Waals surface area (Å²) in [6, 6.07) is 0. The quantitative estimate of drug-likeness (QED) is 0.753. The molecule has 0 saturated carbocycles. The molecule has 7 heteroatoms. The summed E-state index contributed by atoms with van der Waals surface area (Å²) in [5.41, 5.74) is 6.38. The maximum atomic E-state index is 5.39. The van der Waals surface area contributed by atoms with Crippen LogP contribution >= 0.6 is 0 Å². The molecule has 0 saturated heterocycles. The summed E-state index contributed by atoms with van der Waals surface area (Å²) in [5.74, 6) is 0.495. The number of fused-ring (bicyclic) bond motifs is 1. The Morgan fingerprint density at radius 2 is 2.23 bits per heavy atom. The molecule has 0 aliphatic carbocycles. The van der Waals surface area contributed by atoms with Gasteiger partial charge >= 0.3 is 0 Å². The molecule has 0 amide bonds.